The molecule has 0 saturated carbocycles. The summed E-state index contributed by atoms with van der Waals surface area (Å²) in [6.07, 6.45) is -0.544. The van der Waals surface area contributed by atoms with E-state index in [4.69, 9.17) is 4.74 Å². The van der Waals surface area contributed by atoms with Crippen LogP contribution in [0.1, 0.15) is 30.5 Å². The number of imidazole rings is 1. The summed E-state index contributed by atoms with van der Waals surface area (Å²) in [5, 5.41) is 9.42. The summed E-state index contributed by atoms with van der Waals surface area (Å²) < 4.78 is 48.8. The average Bonchev–Trinajstić information content (AvgIpc) is 3.50. The SMILES string of the molecule is CN(CCCOc1ccc(-c2cc3c(ncn3C)c(C#N)n2)cc1C(F)(F)F)C(=O)CN1CCCC1. The number of pyridine rings is 1. The molecular formula is C25H27F3N6O2. The van der Waals surface area contributed by atoms with E-state index in [9.17, 15) is 23.2 Å². The number of nitriles is 1. The molecule has 8 nitrogen and oxygen atoms in total. The first-order valence-corrected chi connectivity index (χ1v) is 11.7. The van der Waals surface area contributed by atoms with Gasteiger partial charge in [-0.25, -0.2) is 9.97 Å². The van der Waals surface area contributed by atoms with Gasteiger partial charge in [0.15, 0.2) is 5.69 Å². The number of hydrogen-bond donors (Lipinski definition) is 0. The summed E-state index contributed by atoms with van der Waals surface area (Å²) in [6, 6.07) is 7.29. The van der Waals surface area contributed by atoms with Crippen molar-refractivity contribution in [3.8, 4) is 23.1 Å². The van der Waals surface area contributed by atoms with Crippen LogP contribution in [0.4, 0.5) is 13.2 Å². The van der Waals surface area contributed by atoms with Crippen LogP contribution in [-0.4, -0.2) is 70.1 Å². The van der Waals surface area contributed by atoms with Crippen molar-refractivity contribution in [2.24, 2.45) is 7.05 Å². The molecule has 0 atom stereocenters. The Bertz CT molecular complexity index is 1290. The minimum absolute atomic E-state index is 0.00753. The lowest BCUT2D eigenvalue weighted by atomic mass is 10.1. The number of aryl methyl sites for hydroxylation is 1. The lowest BCUT2D eigenvalue weighted by Crippen LogP contribution is -2.37. The number of alkyl halides is 3. The van der Waals surface area contributed by atoms with Crippen LogP contribution in [0.15, 0.2) is 30.6 Å². The number of aromatic nitrogens is 3. The fourth-order valence-corrected chi connectivity index (χ4v) is 4.25. The molecule has 0 radical (unpaired) electrons. The van der Waals surface area contributed by atoms with Gasteiger partial charge in [-0.3, -0.25) is 9.69 Å². The Morgan fingerprint density at radius 1 is 1.25 bits per heavy atom. The number of fused-ring (bicyclic) bond motifs is 1. The molecule has 0 unspecified atom stereocenters. The maximum absolute atomic E-state index is 13.9. The number of amides is 1. The van der Waals surface area contributed by atoms with E-state index in [1.807, 2.05) is 6.07 Å². The summed E-state index contributed by atoms with van der Waals surface area (Å²) in [6.45, 7) is 2.62. The molecule has 11 heteroatoms. The first-order valence-electron chi connectivity index (χ1n) is 11.7. The fourth-order valence-electron chi connectivity index (χ4n) is 4.25. The predicted molar refractivity (Wildman–Crippen MR) is 127 cm³/mol. The van der Waals surface area contributed by atoms with E-state index in [0.29, 0.717) is 30.5 Å². The molecule has 1 amide bonds. The number of nitrogens with zero attached hydrogens (tertiary/aromatic N) is 6. The molecule has 1 aliphatic rings. The molecule has 36 heavy (non-hydrogen) atoms. The van der Waals surface area contributed by atoms with Crippen molar-refractivity contribution >= 4 is 16.9 Å². The van der Waals surface area contributed by atoms with Crippen molar-refractivity contribution in [1.29, 1.82) is 5.26 Å². The van der Waals surface area contributed by atoms with Crippen LogP contribution in [0.3, 0.4) is 0 Å². The van der Waals surface area contributed by atoms with Crippen molar-refractivity contribution in [3.63, 3.8) is 0 Å². The third-order valence-corrected chi connectivity index (χ3v) is 6.28. The predicted octanol–water partition coefficient (Wildman–Crippen LogP) is 3.85. The lowest BCUT2D eigenvalue weighted by Gasteiger charge is -2.21. The first kappa shape index (κ1) is 25.4. The Hall–Kier alpha value is -3.65. The highest BCUT2D eigenvalue weighted by atomic mass is 19.4. The van der Waals surface area contributed by atoms with Crippen molar-refractivity contribution in [1.82, 2.24) is 24.3 Å². The van der Waals surface area contributed by atoms with Crippen LogP contribution in [-0.2, 0) is 18.0 Å². The highest BCUT2D eigenvalue weighted by molar-refractivity contribution is 5.84. The van der Waals surface area contributed by atoms with E-state index < -0.39 is 11.7 Å². The molecule has 1 aliphatic heterocycles. The molecule has 2 aromatic heterocycles. The Morgan fingerprint density at radius 3 is 2.69 bits per heavy atom. The smallest absolute Gasteiger partial charge is 0.419 e. The molecule has 1 saturated heterocycles. The van der Waals surface area contributed by atoms with Gasteiger partial charge < -0.3 is 14.2 Å². The summed E-state index contributed by atoms with van der Waals surface area (Å²) in [7, 11) is 3.42. The summed E-state index contributed by atoms with van der Waals surface area (Å²) >= 11 is 0. The summed E-state index contributed by atoms with van der Waals surface area (Å²) in [5.74, 6) is -0.300. The molecule has 4 rings (SSSR count). The number of likely N-dealkylation sites (N-methyl/N-ethyl adjacent to an activating group) is 1. The summed E-state index contributed by atoms with van der Waals surface area (Å²) in [4.78, 5) is 24.4. The van der Waals surface area contributed by atoms with Crippen LogP contribution in [0.5, 0.6) is 5.75 Å². The Kier molecular flexibility index (Phi) is 7.45. The van der Waals surface area contributed by atoms with E-state index in [-0.39, 0.29) is 35.2 Å². The van der Waals surface area contributed by atoms with Gasteiger partial charge in [0.25, 0.3) is 0 Å². The van der Waals surface area contributed by atoms with Crippen LogP contribution in [0.25, 0.3) is 22.3 Å². The fraction of sp³-hybridized carbons (Fsp3) is 0.440. The number of carbonyl (C=O) groups excluding carboxylic acids is 1. The largest absolute Gasteiger partial charge is 0.493 e. The normalized spacial score (nSPS) is 14.2. The molecule has 0 aliphatic carbocycles. The number of carbonyl (C=O) groups is 1. The van der Waals surface area contributed by atoms with Crippen molar-refractivity contribution < 1.29 is 22.7 Å². The zero-order valence-electron chi connectivity index (χ0n) is 20.2. The zero-order valence-corrected chi connectivity index (χ0v) is 20.2. The molecule has 1 aromatic carbocycles. The van der Waals surface area contributed by atoms with Crippen molar-refractivity contribution in [2.45, 2.75) is 25.4 Å². The van der Waals surface area contributed by atoms with E-state index in [1.54, 1.807) is 29.6 Å². The van der Waals surface area contributed by atoms with Crippen molar-refractivity contribution in [2.75, 3.05) is 39.8 Å². The van der Waals surface area contributed by atoms with Gasteiger partial charge in [0.1, 0.15) is 17.3 Å². The van der Waals surface area contributed by atoms with Gasteiger partial charge >= 0.3 is 6.18 Å². The maximum atomic E-state index is 13.9. The third kappa shape index (κ3) is 5.60. The van der Waals surface area contributed by atoms with Gasteiger partial charge in [-0.1, -0.05) is 0 Å². The molecule has 1 fully saturated rings. The van der Waals surface area contributed by atoms with Gasteiger partial charge in [-0.15, -0.1) is 0 Å². The molecule has 190 valence electrons. The summed E-state index contributed by atoms with van der Waals surface area (Å²) in [5.41, 5.74) is 0.543. The lowest BCUT2D eigenvalue weighted by molar-refractivity contribution is -0.138. The first-order chi connectivity index (χ1) is 17.2. The van der Waals surface area contributed by atoms with Gasteiger partial charge in [0.05, 0.1) is 36.3 Å². The number of likely N-dealkylation sites (tertiary alicyclic amines) is 1. The molecule has 0 bridgehead atoms. The number of ether oxygens (including phenoxy) is 1. The zero-order chi connectivity index (χ0) is 25.9. The van der Waals surface area contributed by atoms with Crippen LogP contribution < -0.4 is 4.74 Å². The Balaban J connectivity index is 1.46. The Morgan fingerprint density at radius 2 is 2.00 bits per heavy atom. The van der Waals surface area contributed by atoms with E-state index in [2.05, 4.69) is 14.9 Å². The topological polar surface area (TPSA) is 87.3 Å². The Labute approximate surface area is 206 Å². The van der Waals surface area contributed by atoms with Crippen LogP contribution >= 0.6 is 0 Å². The number of benzene rings is 1. The molecule has 3 aromatic rings. The molecule has 0 spiro atoms. The third-order valence-electron chi connectivity index (χ3n) is 6.28. The molecule has 0 N–H and O–H groups in total. The molecule has 3 heterocycles. The van der Waals surface area contributed by atoms with Gasteiger partial charge in [0, 0.05) is 26.2 Å². The molecular weight excluding hydrogens is 473 g/mol. The standard InChI is InChI=1S/C25H27F3N6O2/c1-32(23(35)15-34-9-3-4-10-34)8-5-11-36-22-7-6-17(12-18(22)25(26,27)28)19-13-21-24(20(14-29)31-19)30-16-33(21)2/h6-7,12-13,16H,3-5,8-11,15H2,1-2H3. The number of rotatable bonds is 8. The highest BCUT2D eigenvalue weighted by Gasteiger charge is 2.35. The minimum atomic E-state index is -4.65. The van der Waals surface area contributed by atoms with Gasteiger partial charge in [-0.2, -0.15) is 18.4 Å². The van der Waals surface area contributed by atoms with Gasteiger partial charge in [0.2, 0.25) is 5.91 Å². The highest BCUT2D eigenvalue weighted by Crippen LogP contribution is 2.39. The second kappa shape index (κ2) is 10.5. The maximum Gasteiger partial charge on any atom is 0.419 e. The van der Waals surface area contributed by atoms with Crippen LogP contribution in [0, 0.1) is 11.3 Å². The van der Waals surface area contributed by atoms with Crippen LogP contribution in [0.2, 0.25) is 0 Å². The van der Waals surface area contributed by atoms with E-state index in [0.717, 1.165) is 32.0 Å². The van der Waals surface area contributed by atoms with E-state index >= 15 is 0 Å². The van der Waals surface area contributed by atoms with Crippen molar-refractivity contribution in [3.05, 3.63) is 41.9 Å². The second-order valence-corrected chi connectivity index (χ2v) is 8.90. The van der Waals surface area contributed by atoms with Gasteiger partial charge in [-0.05, 0) is 56.6 Å². The van der Waals surface area contributed by atoms with E-state index in [1.165, 1.54) is 18.5 Å². The average molecular weight is 501 g/mol. The quantitative estimate of drug-likeness (QED) is 0.437. The monoisotopic (exact) mass is 500 g/mol. The second-order valence-electron chi connectivity index (χ2n) is 8.90. The number of hydrogen-bond acceptors (Lipinski definition) is 6. The minimum Gasteiger partial charge on any atom is -0.493 e. The number of halogens is 3.